The summed E-state index contributed by atoms with van der Waals surface area (Å²) in [6.45, 7) is 0. The number of anilines is 1. The molecule has 0 unspecified atom stereocenters. The van der Waals surface area contributed by atoms with E-state index in [2.05, 4.69) is 6.07 Å². The van der Waals surface area contributed by atoms with E-state index in [9.17, 15) is 0 Å². The van der Waals surface area contributed by atoms with Crippen molar-refractivity contribution >= 4 is 17.4 Å². The summed E-state index contributed by atoms with van der Waals surface area (Å²) < 4.78 is 5.11. The molecule has 3 nitrogen and oxygen atoms in total. The van der Waals surface area contributed by atoms with Gasteiger partial charge in [-0.3, -0.25) is 0 Å². The van der Waals surface area contributed by atoms with Gasteiger partial charge >= 0.3 is 0 Å². The van der Waals surface area contributed by atoms with Crippen molar-refractivity contribution in [1.29, 1.82) is 5.26 Å². The molecular weight excluding hydrogens is 184 g/mol. The number of hydrogen-bond donors (Lipinski definition) is 1. The highest BCUT2D eigenvalue weighted by Crippen LogP contribution is 2.30. The summed E-state index contributed by atoms with van der Waals surface area (Å²) in [6, 6.07) is 7.46. The molecule has 0 aliphatic rings. The second-order valence-corrected chi connectivity index (χ2v) is 3.37. The van der Waals surface area contributed by atoms with E-state index in [-0.39, 0.29) is 0 Å². The highest BCUT2D eigenvalue weighted by atomic mass is 32.2. The fourth-order valence-corrected chi connectivity index (χ4v) is 1.58. The van der Waals surface area contributed by atoms with Crippen LogP contribution in [0.5, 0.6) is 5.75 Å². The molecular formula is C9H10N2OS. The number of nitrogen functional groups attached to an aromatic ring is 1. The van der Waals surface area contributed by atoms with Crippen molar-refractivity contribution in [3.63, 3.8) is 0 Å². The number of thioether (sulfide) groups is 1. The monoisotopic (exact) mass is 194 g/mol. The molecule has 68 valence electrons. The number of nitriles is 1. The van der Waals surface area contributed by atoms with Crippen molar-refractivity contribution in [1.82, 2.24) is 0 Å². The van der Waals surface area contributed by atoms with Crippen LogP contribution < -0.4 is 10.5 Å². The average molecular weight is 194 g/mol. The number of ether oxygens (including phenoxy) is 1. The van der Waals surface area contributed by atoms with Gasteiger partial charge < -0.3 is 10.5 Å². The van der Waals surface area contributed by atoms with Crippen LogP contribution in [0.25, 0.3) is 0 Å². The minimum absolute atomic E-state index is 0.417. The number of methoxy groups -OCH3 is 1. The normalized spacial score (nSPS) is 9.23. The van der Waals surface area contributed by atoms with Crippen LogP contribution in [0.4, 0.5) is 5.69 Å². The summed E-state index contributed by atoms with van der Waals surface area (Å²) in [5, 5.41) is 8.41. The lowest BCUT2D eigenvalue weighted by Crippen LogP contribution is -1.90. The summed E-state index contributed by atoms with van der Waals surface area (Å²) in [7, 11) is 1.59. The Morgan fingerprint density at radius 3 is 3.00 bits per heavy atom. The van der Waals surface area contributed by atoms with Crippen LogP contribution in [0.15, 0.2) is 23.1 Å². The van der Waals surface area contributed by atoms with Crippen LogP contribution in [-0.2, 0) is 0 Å². The lowest BCUT2D eigenvalue weighted by atomic mass is 10.3. The summed E-state index contributed by atoms with van der Waals surface area (Å²) in [5.74, 6) is 1.14. The van der Waals surface area contributed by atoms with Gasteiger partial charge in [-0.2, -0.15) is 5.26 Å². The van der Waals surface area contributed by atoms with E-state index in [0.717, 1.165) is 10.6 Å². The maximum absolute atomic E-state index is 8.41. The molecule has 0 saturated heterocycles. The standard InChI is InChI=1S/C9H10N2OS/c1-12-8-6-7(11)2-3-9(8)13-5-4-10/h2-3,6H,5,11H2,1H3. The van der Waals surface area contributed by atoms with E-state index < -0.39 is 0 Å². The Morgan fingerprint density at radius 2 is 2.38 bits per heavy atom. The zero-order valence-corrected chi connectivity index (χ0v) is 8.10. The first-order valence-corrected chi connectivity index (χ1v) is 4.69. The van der Waals surface area contributed by atoms with Crippen molar-refractivity contribution in [3.8, 4) is 11.8 Å². The average Bonchev–Trinajstić information content (AvgIpc) is 2.16. The van der Waals surface area contributed by atoms with E-state index in [0.29, 0.717) is 11.4 Å². The minimum Gasteiger partial charge on any atom is -0.496 e. The van der Waals surface area contributed by atoms with Gasteiger partial charge in [-0.25, -0.2) is 0 Å². The molecule has 1 rings (SSSR count). The Kier molecular flexibility index (Phi) is 3.47. The largest absolute Gasteiger partial charge is 0.496 e. The maximum Gasteiger partial charge on any atom is 0.134 e. The fourth-order valence-electron chi connectivity index (χ4n) is 0.913. The van der Waals surface area contributed by atoms with E-state index >= 15 is 0 Å². The molecule has 4 heteroatoms. The van der Waals surface area contributed by atoms with Crippen LogP contribution in [-0.4, -0.2) is 12.9 Å². The zero-order chi connectivity index (χ0) is 9.68. The van der Waals surface area contributed by atoms with Crippen molar-refractivity contribution < 1.29 is 4.74 Å². The second-order valence-electron chi connectivity index (χ2n) is 2.36. The third-order valence-electron chi connectivity index (χ3n) is 1.48. The molecule has 0 heterocycles. The summed E-state index contributed by atoms with van der Waals surface area (Å²) >= 11 is 1.44. The number of nitrogens with zero attached hydrogens (tertiary/aromatic N) is 1. The maximum atomic E-state index is 8.41. The molecule has 0 fully saturated rings. The molecule has 0 aromatic heterocycles. The predicted molar refractivity (Wildman–Crippen MR) is 53.7 cm³/mol. The molecule has 0 bridgehead atoms. The van der Waals surface area contributed by atoms with Crippen LogP contribution in [0.2, 0.25) is 0 Å². The smallest absolute Gasteiger partial charge is 0.134 e. The highest BCUT2D eigenvalue weighted by molar-refractivity contribution is 7.99. The quantitative estimate of drug-likeness (QED) is 0.589. The molecule has 0 amide bonds. The summed E-state index contributed by atoms with van der Waals surface area (Å²) in [4.78, 5) is 0.943. The van der Waals surface area contributed by atoms with Crippen LogP contribution in [0.1, 0.15) is 0 Å². The molecule has 0 spiro atoms. The van der Waals surface area contributed by atoms with Gasteiger partial charge in [0.05, 0.1) is 23.8 Å². The van der Waals surface area contributed by atoms with E-state index in [1.54, 1.807) is 19.2 Å². The molecule has 13 heavy (non-hydrogen) atoms. The third-order valence-corrected chi connectivity index (χ3v) is 2.40. The van der Waals surface area contributed by atoms with Gasteiger partial charge in [0, 0.05) is 11.8 Å². The Labute approximate surface area is 81.5 Å². The molecule has 2 N–H and O–H groups in total. The molecule has 1 aromatic carbocycles. The van der Waals surface area contributed by atoms with Crippen LogP contribution in [0, 0.1) is 11.3 Å². The van der Waals surface area contributed by atoms with Gasteiger partial charge in [0.25, 0.3) is 0 Å². The second kappa shape index (κ2) is 4.63. The number of benzene rings is 1. The van der Waals surface area contributed by atoms with Gasteiger partial charge in [-0.15, -0.1) is 11.8 Å². The molecule has 1 aromatic rings. The zero-order valence-electron chi connectivity index (χ0n) is 7.28. The highest BCUT2D eigenvalue weighted by Gasteiger charge is 2.02. The fraction of sp³-hybridized carbons (Fsp3) is 0.222. The predicted octanol–water partition coefficient (Wildman–Crippen LogP) is 1.89. The lowest BCUT2D eigenvalue weighted by Gasteiger charge is -2.06. The van der Waals surface area contributed by atoms with Crippen LogP contribution in [0.3, 0.4) is 0 Å². The Balaban J connectivity index is 2.87. The molecule has 0 radical (unpaired) electrons. The van der Waals surface area contributed by atoms with Crippen molar-refractivity contribution in [2.45, 2.75) is 4.90 Å². The molecule has 0 aliphatic carbocycles. The lowest BCUT2D eigenvalue weighted by molar-refractivity contribution is 0.405. The van der Waals surface area contributed by atoms with Gasteiger partial charge in [-0.05, 0) is 12.1 Å². The SMILES string of the molecule is COc1cc(N)ccc1SCC#N. The number of hydrogen-bond acceptors (Lipinski definition) is 4. The van der Waals surface area contributed by atoms with E-state index in [1.807, 2.05) is 6.07 Å². The molecule has 0 aliphatic heterocycles. The van der Waals surface area contributed by atoms with Crippen molar-refractivity contribution in [3.05, 3.63) is 18.2 Å². The van der Waals surface area contributed by atoms with E-state index in [1.165, 1.54) is 11.8 Å². The van der Waals surface area contributed by atoms with Gasteiger partial charge in [0.2, 0.25) is 0 Å². The minimum atomic E-state index is 0.417. The third kappa shape index (κ3) is 2.56. The number of rotatable bonds is 3. The Bertz CT molecular complexity index is 333. The molecule has 0 saturated carbocycles. The topological polar surface area (TPSA) is 59.0 Å². The molecule has 0 atom stereocenters. The van der Waals surface area contributed by atoms with Gasteiger partial charge in [0.15, 0.2) is 0 Å². The number of nitrogens with two attached hydrogens (primary N) is 1. The van der Waals surface area contributed by atoms with Crippen molar-refractivity contribution in [2.75, 3.05) is 18.6 Å². The van der Waals surface area contributed by atoms with E-state index in [4.69, 9.17) is 15.7 Å². The van der Waals surface area contributed by atoms with Crippen LogP contribution >= 0.6 is 11.8 Å². The summed E-state index contributed by atoms with van der Waals surface area (Å²) in [5.41, 5.74) is 6.24. The van der Waals surface area contributed by atoms with Gasteiger partial charge in [0.1, 0.15) is 5.75 Å². The first kappa shape index (κ1) is 9.75. The Hall–Kier alpha value is -1.34. The summed E-state index contributed by atoms with van der Waals surface area (Å²) in [6.07, 6.45) is 0. The van der Waals surface area contributed by atoms with Gasteiger partial charge in [-0.1, -0.05) is 0 Å². The first-order chi connectivity index (χ1) is 6.27. The first-order valence-electron chi connectivity index (χ1n) is 3.71. The Morgan fingerprint density at radius 1 is 1.62 bits per heavy atom. The van der Waals surface area contributed by atoms with Crippen molar-refractivity contribution in [2.24, 2.45) is 0 Å².